The molecule has 0 aromatic rings. The molecular weight excluding hydrogens is 544 g/mol. The molecule has 4 aliphatic heterocycles. The highest BCUT2D eigenvalue weighted by molar-refractivity contribution is 5.77. The van der Waals surface area contributed by atoms with Crippen LogP contribution in [0.15, 0.2) is 0 Å². The number of fused-ring (bicyclic) bond motifs is 2. The van der Waals surface area contributed by atoms with Crippen LogP contribution < -0.4 is 10.6 Å². The monoisotopic (exact) mass is 582 g/mol. The Morgan fingerprint density at radius 1 is 0.975 bits per heavy atom. The van der Waals surface area contributed by atoms with Gasteiger partial charge in [-0.05, 0) is 6.92 Å². The molecule has 40 heavy (non-hydrogen) atoms. The second-order valence-electron chi connectivity index (χ2n) is 10.2. The topological polar surface area (TPSA) is 244 Å². The molecule has 8 N–H and O–H groups in total. The molecule has 0 aliphatic carbocycles. The fourth-order valence-corrected chi connectivity index (χ4v) is 5.20. The van der Waals surface area contributed by atoms with Gasteiger partial charge in [-0.15, -0.1) is 0 Å². The van der Waals surface area contributed by atoms with Crippen LogP contribution in [0, 0.1) is 0 Å². The second kappa shape index (κ2) is 13.2. The molecule has 4 fully saturated rings. The van der Waals surface area contributed by atoms with Gasteiger partial charge in [-0.3, -0.25) is 9.59 Å². The predicted molar refractivity (Wildman–Crippen MR) is 126 cm³/mol. The third-order valence-electron chi connectivity index (χ3n) is 7.37. The van der Waals surface area contributed by atoms with Crippen LogP contribution in [-0.4, -0.2) is 161 Å². The third kappa shape index (κ3) is 6.41. The first-order valence-electron chi connectivity index (χ1n) is 12.9. The van der Waals surface area contributed by atoms with Crippen LogP contribution in [-0.2, 0) is 42.7 Å². The highest BCUT2D eigenvalue weighted by Crippen LogP contribution is 2.34. The maximum Gasteiger partial charge on any atom is 0.246 e. The summed E-state index contributed by atoms with van der Waals surface area (Å²) in [6, 6.07) is -1.12. The van der Waals surface area contributed by atoms with Crippen molar-refractivity contribution < 1.29 is 73.4 Å². The van der Waals surface area contributed by atoms with Crippen molar-refractivity contribution in [1.82, 2.24) is 10.6 Å². The fourth-order valence-electron chi connectivity index (χ4n) is 5.20. The molecule has 4 heterocycles. The van der Waals surface area contributed by atoms with Crippen LogP contribution in [0.4, 0.5) is 0 Å². The molecule has 17 heteroatoms. The van der Waals surface area contributed by atoms with E-state index in [1.807, 2.05) is 0 Å². The van der Waals surface area contributed by atoms with Gasteiger partial charge in [0.15, 0.2) is 18.9 Å². The zero-order chi connectivity index (χ0) is 29.3. The molecule has 4 aliphatic rings. The summed E-state index contributed by atoms with van der Waals surface area (Å²) in [7, 11) is 1.31. The molecule has 17 nitrogen and oxygen atoms in total. The number of hydrogen-bond donors (Lipinski definition) is 8. The van der Waals surface area contributed by atoms with Crippen molar-refractivity contribution in [2.45, 2.75) is 106 Å². The molecular formula is C23H38N2O15. The maximum atomic E-state index is 12.5. The van der Waals surface area contributed by atoms with Gasteiger partial charge in [0, 0.05) is 20.6 Å². The number of rotatable bonds is 5. The average molecular weight is 583 g/mol. The summed E-state index contributed by atoms with van der Waals surface area (Å²) < 4.78 is 40.6. The smallest absolute Gasteiger partial charge is 0.246 e. The van der Waals surface area contributed by atoms with Crippen molar-refractivity contribution in [2.75, 3.05) is 26.9 Å². The van der Waals surface area contributed by atoms with Gasteiger partial charge in [-0.25, -0.2) is 0 Å². The first kappa shape index (κ1) is 31.4. The standard InChI is InChI=1S/C23H38N2O15/c1-7-13(29)15(31)17(33)22(36-7)40-19-12(25-8(2)27)21(34-3)37-9-4-24-11(28)6-35-20-16(32)14(30)10(5-26)38-23(20)39-18(9)19/h7,9-10,12-23,26,29-33H,4-6H2,1-3H3,(H,24,28)(H,25,27)/t7-,9-,10-,12-,13+,14+,15+,16+,17-,18-,19-,20-,21-,22-,23+/m1/s1. The Labute approximate surface area is 229 Å². The second-order valence-corrected chi connectivity index (χ2v) is 10.2. The number of methoxy groups -OCH3 is 1. The molecule has 2 amide bonds. The number of ether oxygens (including phenoxy) is 7. The van der Waals surface area contributed by atoms with Crippen LogP contribution in [0.3, 0.4) is 0 Å². The van der Waals surface area contributed by atoms with Crippen molar-refractivity contribution in [2.24, 2.45) is 0 Å². The lowest BCUT2D eigenvalue weighted by Crippen LogP contribution is -2.70. The van der Waals surface area contributed by atoms with Crippen molar-refractivity contribution in [3.63, 3.8) is 0 Å². The van der Waals surface area contributed by atoms with E-state index < -0.39 is 117 Å². The van der Waals surface area contributed by atoms with Gasteiger partial charge in [0.25, 0.3) is 0 Å². The molecule has 4 rings (SSSR count). The average Bonchev–Trinajstić information content (AvgIpc) is 2.92. The Bertz CT molecular complexity index is 883. The minimum Gasteiger partial charge on any atom is -0.394 e. The first-order valence-corrected chi connectivity index (χ1v) is 12.9. The Morgan fingerprint density at radius 2 is 1.70 bits per heavy atom. The van der Waals surface area contributed by atoms with E-state index in [1.54, 1.807) is 0 Å². The minimum atomic E-state index is -1.72. The molecule has 0 radical (unpaired) electrons. The van der Waals surface area contributed by atoms with Gasteiger partial charge in [0.1, 0.15) is 73.7 Å². The predicted octanol–water partition coefficient (Wildman–Crippen LogP) is -5.59. The van der Waals surface area contributed by atoms with Gasteiger partial charge in [-0.1, -0.05) is 0 Å². The summed E-state index contributed by atoms with van der Waals surface area (Å²) >= 11 is 0. The number of amides is 2. The minimum absolute atomic E-state index is 0.169. The Hall–Kier alpha value is -1.58. The molecule has 4 saturated heterocycles. The molecule has 0 bridgehead atoms. The van der Waals surface area contributed by atoms with E-state index in [9.17, 15) is 40.2 Å². The lowest BCUT2D eigenvalue weighted by molar-refractivity contribution is -0.372. The maximum absolute atomic E-state index is 12.5. The largest absolute Gasteiger partial charge is 0.394 e. The molecule has 0 spiro atoms. The summed E-state index contributed by atoms with van der Waals surface area (Å²) in [6.07, 6.45) is -19.4. The molecule has 15 atom stereocenters. The van der Waals surface area contributed by atoms with Crippen molar-refractivity contribution in [3.05, 3.63) is 0 Å². The Morgan fingerprint density at radius 3 is 2.35 bits per heavy atom. The fraction of sp³-hybridized carbons (Fsp3) is 0.913. The van der Waals surface area contributed by atoms with E-state index in [0.717, 1.165) is 0 Å². The van der Waals surface area contributed by atoms with E-state index in [1.165, 1.54) is 21.0 Å². The van der Waals surface area contributed by atoms with E-state index in [4.69, 9.17) is 33.2 Å². The van der Waals surface area contributed by atoms with E-state index in [0.29, 0.717) is 0 Å². The van der Waals surface area contributed by atoms with Gasteiger partial charge in [-0.2, -0.15) is 0 Å². The Balaban J connectivity index is 1.72. The number of aliphatic hydroxyl groups is 6. The number of carbonyl (C=O) groups excluding carboxylic acids is 2. The van der Waals surface area contributed by atoms with Gasteiger partial charge in [0.2, 0.25) is 11.8 Å². The lowest BCUT2D eigenvalue weighted by Gasteiger charge is -2.50. The number of aliphatic hydroxyl groups excluding tert-OH is 6. The summed E-state index contributed by atoms with van der Waals surface area (Å²) in [5.41, 5.74) is 0. The zero-order valence-electron chi connectivity index (χ0n) is 22.1. The van der Waals surface area contributed by atoms with Gasteiger partial charge in [0.05, 0.1) is 12.7 Å². The molecule has 0 saturated carbocycles. The van der Waals surface area contributed by atoms with Gasteiger partial charge >= 0.3 is 0 Å². The van der Waals surface area contributed by atoms with Crippen molar-refractivity contribution in [1.29, 1.82) is 0 Å². The zero-order valence-corrected chi connectivity index (χ0v) is 22.1. The van der Waals surface area contributed by atoms with Crippen molar-refractivity contribution >= 4 is 11.8 Å². The summed E-state index contributed by atoms with van der Waals surface area (Å²) in [6.45, 7) is 1.31. The first-order chi connectivity index (χ1) is 19.0. The lowest BCUT2D eigenvalue weighted by atomic mass is 9.94. The normalized spacial score (nSPS) is 48.3. The van der Waals surface area contributed by atoms with Gasteiger partial charge < -0.3 is 74.4 Å². The third-order valence-corrected chi connectivity index (χ3v) is 7.37. The van der Waals surface area contributed by atoms with Crippen LogP contribution in [0.5, 0.6) is 0 Å². The highest BCUT2D eigenvalue weighted by atomic mass is 16.8. The van der Waals surface area contributed by atoms with Crippen LogP contribution in [0.2, 0.25) is 0 Å². The Kier molecular flexibility index (Phi) is 10.3. The summed E-state index contributed by atoms with van der Waals surface area (Å²) in [4.78, 5) is 24.7. The SMILES string of the molecule is CO[C@@H]1O[C@@H]2CNC(=O)CO[C@H]3[C@H](O[C@H]2[C@H](O[C@H]2O[C@H](C)[C@H](O)[C@H](O)[C@H]2O)[C@H]1NC(C)=O)O[C@H](CO)[C@H](O)[C@@H]3O. The van der Waals surface area contributed by atoms with E-state index >= 15 is 0 Å². The van der Waals surface area contributed by atoms with E-state index in [-0.39, 0.29) is 6.54 Å². The quantitative estimate of drug-likeness (QED) is 0.151. The molecule has 0 aromatic carbocycles. The van der Waals surface area contributed by atoms with Crippen molar-refractivity contribution in [3.8, 4) is 0 Å². The molecule has 230 valence electrons. The summed E-state index contributed by atoms with van der Waals surface area (Å²) in [5.74, 6) is -1.11. The molecule has 0 unspecified atom stereocenters. The van der Waals surface area contributed by atoms with Crippen LogP contribution >= 0.6 is 0 Å². The number of hydrogen-bond acceptors (Lipinski definition) is 15. The summed E-state index contributed by atoms with van der Waals surface area (Å²) in [5, 5.41) is 67.1. The highest BCUT2D eigenvalue weighted by Gasteiger charge is 2.55. The number of carbonyl (C=O) groups is 2. The van der Waals surface area contributed by atoms with Crippen LogP contribution in [0.1, 0.15) is 13.8 Å². The molecule has 0 aromatic heterocycles. The number of nitrogens with one attached hydrogen (secondary N) is 2. The van der Waals surface area contributed by atoms with Crippen LogP contribution in [0.25, 0.3) is 0 Å². The van der Waals surface area contributed by atoms with E-state index in [2.05, 4.69) is 10.6 Å².